The molecule has 0 aliphatic carbocycles. The third-order valence-electron chi connectivity index (χ3n) is 3.29. The van der Waals surface area contributed by atoms with Gasteiger partial charge in [0.15, 0.2) is 0 Å². The summed E-state index contributed by atoms with van der Waals surface area (Å²) in [6.45, 7) is 0.380. The predicted molar refractivity (Wildman–Crippen MR) is 71.0 cm³/mol. The van der Waals surface area contributed by atoms with Crippen LogP contribution in [0.4, 0.5) is 0 Å². The molecule has 1 saturated heterocycles. The van der Waals surface area contributed by atoms with E-state index >= 15 is 0 Å². The van der Waals surface area contributed by atoms with E-state index in [4.69, 9.17) is 5.11 Å². The van der Waals surface area contributed by atoms with Crippen LogP contribution in [0.2, 0.25) is 0 Å². The van der Waals surface area contributed by atoms with Gasteiger partial charge in [-0.1, -0.05) is 12.1 Å². The number of hydrogen-bond acceptors (Lipinski definition) is 3. The van der Waals surface area contributed by atoms with E-state index in [0.29, 0.717) is 19.4 Å². The van der Waals surface area contributed by atoms with Crippen LogP contribution in [0.3, 0.4) is 0 Å². The summed E-state index contributed by atoms with van der Waals surface area (Å²) in [6, 6.07) is 5.94. The standard InChI is InChI=1S/C14H16N2O4/c1-16(13(18)11-6-7-12(17)15-11)8-9-2-4-10(5-3-9)14(19)20/h2-5,11H,6-8H2,1H3,(H,15,17)(H,19,20)/t11-/m1/s1. The minimum absolute atomic E-state index is 0.0949. The lowest BCUT2D eigenvalue weighted by atomic mass is 10.1. The van der Waals surface area contributed by atoms with Gasteiger partial charge in [-0.15, -0.1) is 0 Å². The predicted octanol–water partition coefficient (Wildman–Crippen LogP) is 0.622. The minimum atomic E-state index is -0.977. The Balaban J connectivity index is 1.96. The number of nitrogens with zero attached hydrogens (tertiary/aromatic N) is 1. The van der Waals surface area contributed by atoms with Crippen molar-refractivity contribution >= 4 is 17.8 Å². The average Bonchev–Trinajstić information content (AvgIpc) is 2.85. The van der Waals surface area contributed by atoms with E-state index in [1.54, 1.807) is 19.2 Å². The van der Waals surface area contributed by atoms with E-state index in [1.807, 2.05) is 0 Å². The second-order valence-corrected chi connectivity index (χ2v) is 4.86. The quantitative estimate of drug-likeness (QED) is 0.844. The normalized spacial score (nSPS) is 17.6. The molecule has 0 aromatic heterocycles. The molecule has 2 amide bonds. The third-order valence-corrected chi connectivity index (χ3v) is 3.29. The highest BCUT2D eigenvalue weighted by Crippen LogP contribution is 2.12. The zero-order chi connectivity index (χ0) is 14.7. The maximum atomic E-state index is 12.1. The van der Waals surface area contributed by atoms with Gasteiger partial charge in [-0.2, -0.15) is 0 Å². The lowest BCUT2D eigenvalue weighted by Gasteiger charge is -2.21. The van der Waals surface area contributed by atoms with E-state index < -0.39 is 12.0 Å². The zero-order valence-electron chi connectivity index (χ0n) is 11.1. The van der Waals surface area contributed by atoms with E-state index in [9.17, 15) is 14.4 Å². The Labute approximate surface area is 116 Å². The number of amides is 2. The molecule has 0 bridgehead atoms. The van der Waals surface area contributed by atoms with Crippen LogP contribution in [-0.2, 0) is 16.1 Å². The molecule has 1 heterocycles. The molecule has 6 nitrogen and oxygen atoms in total. The topological polar surface area (TPSA) is 86.7 Å². The summed E-state index contributed by atoms with van der Waals surface area (Å²) in [5.74, 6) is -1.20. The molecule has 106 valence electrons. The first-order valence-electron chi connectivity index (χ1n) is 6.34. The van der Waals surface area contributed by atoms with Crippen LogP contribution in [0.1, 0.15) is 28.8 Å². The fraction of sp³-hybridized carbons (Fsp3) is 0.357. The molecule has 6 heteroatoms. The molecule has 1 atom stereocenters. The van der Waals surface area contributed by atoms with Crippen molar-refractivity contribution in [3.8, 4) is 0 Å². The number of aromatic carboxylic acids is 1. The molecule has 0 spiro atoms. The van der Waals surface area contributed by atoms with Crippen molar-refractivity contribution in [1.82, 2.24) is 10.2 Å². The molecule has 0 radical (unpaired) electrons. The first-order chi connectivity index (χ1) is 9.47. The number of benzene rings is 1. The Morgan fingerprint density at radius 2 is 2.00 bits per heavy atom. The Morgan fingerprint density at radius 1 is 1.35 bits per heavy atom. The van der Waals surface area contributed by atoms with Gasteiger partial charge < -0.3 is 15.3 Å². The molecular weight excluding hydrogens is 260 g/mol. The number of carboxylic acid groups (broad SMARTS) is 1. The molecular formula is C14H16N2O4. The van der Waals surface area contributed by atoms with Crippen LogP contribution in [0.25, 0.3) is 0 Å². The van der Waals surface area contributed by atoms with Gasteiger partial charge in [-0.3, -0.25) is 9.59 Å². The van der Waals surface area contributed by atoms with Gasteiger partial charge >= 0.3 is 5.97 Å². The summed E-state index contributed by atoms with van der Waals surface area (Å²) in [7, 11) is 1.66. The van der Waals surface area contributed by atoms with Gasteiger partial charge in [0.05, 0.1) is 5.56 Å². The van der Waals surface area contributed by atoms with E-state index in [-0.39, 0.29) is 17.4 Å². The largest absolute Gasteiger partial charge is 0.478 e. The summed E-state index contributed by atoms with van der Waals surface area (Å²) in [4.78, 5) is 35.5. The van der Waals surface area contributed by atoms with Crippen molar-refractivity contribution in [2.24, 2.45) is 0 Å². The number of nitrogens with one attached hydrogen (secondary N) is 1. The fourth-order valence-electron chi connectivity index (χ4n) is 2.17. The van der Waals surface area contributed by atoms with Crippen LogP contribution < -0.4 is 5.32 Å². The van der Waals surface area contributed by atoms with E-state index in [2.05, 4.69) is 5.32 Å². The minimum Gasteiger partial charge on any atom is -0.478 e. The van der Waals surface area contributed by atoms with Crippen molar-refractivity contribution < 1.29 is 19.5 Å². The summed E-state index contributed by atoms with van der Waals surface area (Å²) in [5.41, 5.74) is 1.06. The lowest BCUT2D eigenvalue weighted by Crippen LogP contribution is -2.42. The van der Waals surface area contributed by atoms with E-state index in [0.717, 1.165) is 5.56 Å². The Kier molecular flexibility index (Phi) is 4.02. The Bertz CT molecular complexity index is 539. The number of rotatable bonds is 4. The fourth-order valence-corrected chi connectivity index (χ4v) is 2.17. The maximum absolute atomic E-state index is 12.1. The number of hydrogen-bond donors (Lipinski definition) is 2. The Hall–Kier alpha value is -2.37. The molecule has 1 aliphatic rings. The van der Waals surface area contributed by atoms with Gasteiger partial charge in [-0.25, -0.2) is 4.79 Å². The van der Waals surface area contributed by atoms with Gasteiger partial charge in [0.2, 0.25) is 11.8 Å². The summed E-state index contributed by atoms with van der Waals surface area (Å²) in [5, 5.41) is 11.4. The SMILES string of the molecule is CN(Cc1ccc(C(=O)O)cc1)C(=O)[C@H]1CCC(=O)N1. The average molecular weight is 276 g/mol. The summed E-state index contributed by atoms with van der Waals surface area (Å²) < 4.78 is 0. The van der Waals surface area contributed by atoms with Crippen LogP contribution >= 0.6 is 0 Å². The highest BCUT2D eigenvalue weighted by atomic mass is 16.4. The first kappa shape index (κ1) is 14.0. The zero-order valence-corrected chi connectivity index (χ0v) is 11.1. The van der Waals surface area contributed by atoms with Gasteiger partial charge in [0.1, 0.15) is 6.04 Å². The third kappa shape index (κ3) is 3.14. The van der Waals surface area contributed by atoms with Gasteiger partial charge in [0.25, 0.3) is 0 Å². The maximum Gasteiger partial charge on any atom is 0.335 e. The van der Waals surface area contributed by atoms with Crippen molar-refractivity contribution in [2.75, 3.05) is 7.05 Å². The molecule has 1 fully saturated rings. The molecule has 20 heavy (non-hydrogen) atoms. The number of carboxylic acids is 1. The summed E-state index contributed by atoms with van der Waals surface area (Å²) >= 11 is 0. The molecule has 0 unspecified atom stereocenters. The highest BCUT2D eigenvalue weighted by Gasteiger charge is 2.29. The monoisotopic (exact) mass is 276 g/mol. The molecule has 2 rings (SSSR count). The van der Waals surface area contributed by atoms with Crippen molar-refractivity contribution in [2.45, 2.75) is 25.4 Å². The smallest absolute Gasteiger partial charge is 0.335 e. The highest BCUT2D eigenvalue weighted by molar-refractivity contribution is 5.90. The summed E-state index contributed by atoms with van der Waals surface area (Å²) in [6.07, 6.45) is 0.914. The number of carbonyl (C=O) groups excluding carboxylic acids is 2. The molecule has 0 saturated carbocycles. The molecule has 2 N–H and O–H groups in total. The van der Waals surface area contributed by atoms with Gasteiger partial charge in [-0.05, 0) is 24.1 Å². The molecule has 1 aromatic rings. The number of carbonyl (C=O) groups is 3. The van der Waals surface area contributed by atoms with Gasteiger partial charge in [0, 0.05) is 20.0 Å². The van der Waals surface area contributed by atoms with Crippen LogP contribution in [0.15, 0.2) is 24.3 Å². The van der Waals surface area contributed by atoms with Crippen LogP contribution in [-0.4, -0.2) is 40.9 Å². The molecule has 1 aromatic carbocycles. The van der Waals surface area contributed by atoms with E-state index in [1.165, 1.54) is 17.0 Å². The van der Waals surface area contributed by atoms with Crippen LogP contribution in [0, 0.1) is 0 Å². The Morgan fingerprint density at radius 3 is 2.50 bits per heavy atom. The lowest BCUT2D eigenvalue weighted by molar-refractivity contribution is -0.133. The first-order valence-corrected chi connectivity index (χ1v) is 6.34. The van der Waals surface area contributed by atoms with Crippen molar-refractivity contribution in [3.63, 3.8) is 0 Å². The van der Waals surface area contributed by atoms with Crippen molar-refractivity contribution in [3.05, 3.63) is 35.4 Å². The number of likely N-dealkylation sites (N-methyl/N-ethyl adjacent to an activating group) is 1. The molecule has 1 aliphatic heterocycles. The second kappa shape index (κ2) is 5.73. The van der Waals surface area contributed by atoms with Crippen molar-refractivity contribution in [1.29, 1.82) is 0 Å². The second-order valence-electron chi connectivity index (χ2n) is 4.86. The van der Waals surface area contributed by atoms with Crippen LogP contribution in [0.5, 0.6) is 0 Å².